The third-order valence-corrected chi connectivity index (χ3v) is 4.17. The zero-order chi connectivity index (χ0) is 15.9. The standard InChI is InChI=1S/C19H25NO2/c1-14(16-9-6-5-7-10-16)15(2)20-13-17-11-8-12-18(21-3)19(17)22-4/h5-12,14-15,20H,13H2,1-4H3. The van der Waals surface area contributed by atoms with Crippen molar-refractivity contribution in [3.05, 3.63) is 59.7 Å². The van der Waals surface area contributed by atoms with Gasteiger partial charge in [-0.2, -0.15) is 0 Å². The lowest BCUT2D eigenvalue weighted by atomic mass is 9.94. The van der Waals surface area contributed by atoms with Gasteiger partial charge in [-0.25, -0.2) is 0 Å². The van der Waals surface area contributed by atoms with E-state index < -0.39 is 0 Å². The van der Waals surface area contributed by atoms with Crippen LogP contribution < -0.4 is 14.8 Å². The topological polar surface area (TPSA) is 30.5 Å². The summed E-state index contributed by atoms with van der Waals surface area (Å²) in [5, 5.41) is 3.59. The van der Waals surface area contributed by atoms with E-state index in [9.17, 15) is 0 Å². The van der Waals surface area contributed by atoms with Crippen LogP contribution in [0.3, 0.4) is 0 Å². The highest BCUT2D eigenvalue weighted by Crippen LogP contribution is 2.30. The van der Waals surface area contributed by atoms with E-state index in [0.29, 0.717) is 12.0 Å². The molecule has 0 saturated heterocycles. The lowest BCUT2D eigenvalue weighted by Gasteiger charge is -2.22. The lowest BCUT2D eigenvalue weighted by molar-refractivity contribution is 0.349. The molecule has 3 heteroatoms. The molecule has 0 bridgehead atoms. The van der Waals surface area contributed by atoms with E-state index in [2.05, 4.69) is 55.6 Å². The van der Waals surface area contributed by atoms with E-state index in [1.165, 1.54) is 5.56 Å². The maximum atomic E-state index is 5.48. The Morgan fingerprint density at radius 2 is 1.64 bits per heavy atom. The van der Waals surface area contributed by atoms with Gasteiger partial charge < -0.3 is 14.8 Å². The fourth-order valence-electron chi connectivity index (χ4n) is 2.59. The van der Waals surface area contributed by atoms with Gasteiger partial charge in [0.1, 0.15) is 0 Å². The predicted octanol–water partition coefficient (Wildman–Crippen LogP) is 3.99. The van der Waals surface area contributed by atoms with Crippen LogP contribution in [0.2, 0.25) is 0 Å². The van der Waals surface area contributed by atoms with E-state index in [1.807, 2.05) is 12.1 Å². The van der Waals surface area contributed by atoms with Gasteiger partial charge in [-0.15, -0.1) is 0 Å². The molecule has 0 fully saturated rings. The average Bonchev–Trinajstić information content (AvgIpc) is 2.59. The van der Waals surface area contributed by atoms with Crippen LogP contribution in [0.25, 0.3) is 0 Å². The van der Waals surface area contributed by atoms with Crippen molar-refractivity contribution in [3.8, 4) is 11.5 Å². The minimum Gasteiger partial charge on any atom is -0.493 e. The van der Waals surface area contributed by atoms with Gasteiger partial charge in [-0.1, -0.05) is 49.4 Å². The molecule has 2 unspecified atom stereocenters. The summed E-state index contributed by atoms with van der Waals surface area (Å²) in [4.78, 5) is 0. The summed E-state index contributed by atoms with van der Waals surface area (Å²) in [6, 6.07) is 16.9. The summed E-state index contributed by atoms with van der Waals surface area (Å²) in [5.41, 5.74) is 2.45. The highest BCUT2D eigenvalue weighted by molar-refractivity contribution is 5.46. The van der Waals surface area contributed by atoms with Crippen LogP contribution in [0.15, 0.2) is 48.5 Å². The summed E-state index contributed by atoms with van der Waals surface area (Å²) in [6.45, 7) is 5.21. The maximum Gasteiger partial charge on any atom is 0.165 e. The van der Waals surface area contributed by atoms with Gasteiger partial charge >= 0.3 is 0 Å². The second-order valence-electron chi connectivity index (χ2n) is 5.52. The Labute approximate surface area is 133 Å². The molecule has 0 aromatic heterocycles. The summed E-state index contributed by atoms with van der Waals surface area (Å²) in [7, 11) is 3.34. The molecule has 2 aromatic carbocycles. The van der Waals surface area contributed by atoms with E-state index >= 15 is 0 Å². The smallest absolute Gasteiger partial charge is 0.165 e. The third-order valence-electron chi connectivity index (χ3n) is 4.17. The molecular weight excluding hydrogens is 274 g/mol. The number of hydrogen-bond acceptors (Lipinski definition) is 3. The first-order valence-corrected chi connectivity index (χ1v) is 7.65. The zero-order valence-corrected chi connectivity index (χ0v) is 13.8. The molecule has 2 atom stereocenters. The van der Waals surface area contributed by atoms with Crippen LogP contribution >= 0.6 is 0 Å². The number of para-hydroxylation sites is 1. The second kappa shape index (κ2) is 7.85. The summed E-state index contributed by atoms with van der Waals surface area (Å²) in [6.07, 6.45) is 0. The van der Waals surface area contributed by atoms with E-state index in [-0.39, 0.29) is 0 Å². The Morgan fingerprint density at radius 1 is 0.909 bits per heavy atom. The first-order valence-electron chi connectivity index (χ1n) is 7.65. The molecule has 0 heterocycles. The molecule has 2 rings (SSSR count). The largest absolute Gasteiger partial charge is 0.493 e. The molecule has 118 valence electrons. The van der Waals surface area contributed by atoms with Gasteiger partial charge in [0.05, 0.1) is 14.2 Å². The fraction of sp³-hybridized carbons (Fsp3) is 0.368. The van der Waals surface area contributed by atoms with Crippen molar-refractivity contribution in [3.63, 3.8) is 0 Å². The Kier molecular flexibility index (Phi) is 5.84. The normalized spacial score (nSPS) is 13.5. The number of rotatable bonds is 7. The molecule has 1 N–H and O–H groups in total. The van der Waals surface area contributed by atoms with Crippen molar-refractivity contribution >= 4 is 0 Å². The van der Waals surface area contributed by atoms with Crippen molar-refractivity contribution in [2.45, 2.75) is 32.4 Å². The zero-order valence-electron chi connectivity index (χ0n) is 13.8. The van der Waals surface area contributed by atoms with Crippen molar-refractivity contribution < 1.29 is 9.47 Å². The summed E-state index contributed by atoms with van der Waals surface area (Å²) >= 11 is 0. The van der Waals surface area contributed by atoms with Gasteiger partial charge in [0.2, 0.25) is 0 Å². The number of benzene rings is 2. The summed E-state index contributed by atoms with van der Waals surface area (Å²) in [5.74, 6) is 2.01. The number of hydrogen-bond donors (Lipinski definition) is 1. The lowest BCUT2D eigenvalue weighted by Crippen LogP contribution is -2.30. The minimum atomic E-state index is 0.360. The third kappa shape index (κ3) is 3.80. The van der Waals surface area contributed by atoms with Crippen molar-refractivity contribution in [1.82, 2.24) is 5.32 Å². The Morgan fingerprint density at radius 3 is 2.27 bits per heavy atom. The quantitative estimate of drug-likeness (QED) is 0.838. The molecule has 2 aromatic rings. The molecule has 0 amide bonds. The molecule has 0 saturated carbocycles. The van der Waals surface area contributed by atoms with E-state index in [1.54, 1.807) is 14.2 Å². The SMILES string of the molecule is COc1cccc(CNC(C)C(C)c2ccccc2)c1OC. The number of ether oxygens (including phenoxy) is 2. The van der Waals surface area contributed by atoms with Gasteiger partial charge in [-0.3, -0.25) is 0 Å². The molecule has 22 heavy (non-hydrogen) atoms. The molecule has 3 nitrogen and oxygen atoms in total. The van der Waals surface area contributed by atoms with Crippen LogP contribution in [0.4, 0.5) is 0 Å². The molecule has 0 spiro atoms. The van der Waals surface area contributed by atoms with E-state index in [0.717, 1.165) is 23.6 Å². The van der Waals surface area contributed by atoms with Crippen LogP contribution in [0, 0.1) is 0 Å². The Balaban J connectivity index is 2.04. The molecule has 0 radical (unpaired) electrons. The monoisotopic (exact) mass is 299 g/mol. The van der Waals surface area contributed by atoms with Crippen LogP contribution in [-0.2, 0) is 6.54 Å². The maximum absolute atomic E-state index is 5.48. The molecule has 0 aliphatic heterocycles. The summed E-state index contributed by atoms with van der Waals surface area (Å²) < 4.78 is 10.8. The number of methoxy groups -OCH3 is 2. The van der Waals surface area contributed by atoms with Crippen molar-refractivity contribution in [2.75, 3.05) is 14.2 Å². The van der Waals surface area contributed by atoms with Gasteiger partial charge in [0, 0.05) is 18.2 Å². The predicted molar refractivity (Wildman–Crippen MR) is 90.7 cm³/mol. The molecule has 0 aliphatic carbocycles. The van der Waals surface area contributed by atoms with Crippen molar-refractivity contribution in [2.24, 2.45) is 0 Å². The first-order chi connectivity index (χ1) is 10.7. The average molecular weight is 299 g/mol. The van der Waals surface area contributed by atoms with E-state index in [4.69, 9.17) is 9.47 Å². The molecule has 0 aliphatic rings. The van der Waals surface area contributed by atoms with Crippen LogP contribution in [0.1, 0.15) is 30.9 Å². The minimum absolute atomic E-state index is 0.360. The van der Waals surface area contributed by atoms with Crippen molar-refractivity contribution in [1.29, 1.82) is 0 Å². The van der Waals surface area contributed by atoms with Gasteiger partial charge in [0.25, 0.3) is 0 Å². The van der Waals surface area contributed by atoms with Crippen LogP contribution in [0.5, 0.6) is 11.5 Å². The first kappa shape index (κ1) is 16.4. The highest BCUT2D eigenvalue weighted by Gasteiger charge is 2.15. The number of nitrogens with one attached hydrogen (secondary N) is 1. The fourth-order valence-corrected chi connectivity index (χ4v) is 2.59. The second-order valence-corrected chi connectivity index (χ2v) is 5.52. The van der Waals surface area contributed by atoms with Crippen LogP contribution in [-0.4, -0.2) is 20.3 Å². The van der Waals surface area contributed by atoms with Gasteiger partial charge in [-0.05, 0) is 24.5 Å². The molecular formula is C19H25NO2. The van der Waals surface area contributed by atoms with Gasteiger partial charge in [0.15, 0.2) is 11.5 Å². The Bertz CT molecular complexity index is 583. The Hall–Kier alpha value is -2.00. The highest BCUT2D eigenvalue weighted by atomic mass is 16.5.